The van der Waals surface area contributed by atoms with Gasteiger partial charge in [0.15, 0.2) is 0 Å². The first-order valence-corrected chi connectivity index (χ1v) is 8.42. The minimum Gasteiger partial charge on any atom is -0.396 e. The smallest absolute Gasteiger partial charge is 0.0822 e. The van der Waals surface area contributed by atoms with Crippen LogP contribution in [0.5, 0.6) is 0 Å². The number of aliphatic hydroxyl groups is 1. The van der Waals surface area contributed by atoms with Gasteiger partial charge < -0.3 is 16.6 Å². The second-order valence-corrected chi connectivity index (χ2v) is 6.80. The summed E-state index contributed by atoms with van der Waals surface area (Å²) >= 11 is 12.2. The highest BCUT2D eigenvalue weighted by Gasteiger charge is 2.30. The average molecular weight is 331 g/mol. The molecule has 2 unspecified atom stereocenters. The highest BCUT2D eigenvalue weighted by molar-refractivity contribution is 6.38. The van der Waals surface area contributed by atoms with Crippen LogP contribution in [0.2, 0.25) is 10.0 Å². The van der Waals surface area contributed by atoms with Gasteiger partial charge in [0.25, 0.3) is 0 Å². The van der Waals surface area contributed by atoms with Crippen molar-refractivity contribution in [1.29, 1.82) is 0 Å². The number of hydrogen-bond acceptors (Lipinski definition) is 3. The highest BCUT2D eigenvalue weighted by Crippen LogP contribution is 2.41. The number of anilines is 1. The quantitative estimate of drug-likeness (QED) is 0.710. The van der Waals surface area contributed by atoms with E-state index >= 15 is 0 Å². The van der Waals surface area contributed by atoms with E-state index in [4.69, 9.17) is 34.7 Å². The van der Waals surface area contributed by atoms with E-state index in [0.29, 0.717) is 28.2 Å². The van der Waals surface area contributed by atoms with Crippen LogP contribution in [-0.2, 0) is 0 Å². The van der Waals surface area contributed by atoms with Gasteiger partial charge in [-0.3, -0.25) is 0 Å². The van der Waals surface area contributed by atoms with Crippen molar-refractivity contribution in [2.45, 2.75) is 44.6 Å². The monoisotopic (exact) mass is 330 g/mol. The Balaban J connectivity index is 2.22. The Labute approximate surface area is 136 Å². The van der Waals surface area contributed by atoms with E-state index in [-0.39, 0.29) is 5.92 Å². The molecule has 0 amide bonds. The van der Waals surface area contributed by atoms with Gasteiger partial charge in [-0.1, -0.05) is 55.3 Å². The molecule has 0 heterocycles. The molecule has 1 aromatic carbocycles. The number of nitrogen functional groups attached to an aromatic ring is 1. The summed E-state index contributed by atoms with van der Waals surface area (Å²) in [5.41, 5.74) is 12.6. The molecule has 1 saturated carbocycles. The topological polar surface area (TPSA) is 72.3 Å². The van der Waals surface area contributed by atoms with Crippen LogP contribution < -0.4 is 11.5 Å². The SMILES string of the molecule is NCCC(C1CCCCC1)C(O)c1cc(Cl)c(N)c(Cl)c1. The van der Waals surface area contributed by atoms with Crippen molar-refractivity contribution in [3.63, 3.8) is 0 Å². The highest BCUT2D eigenvalue weighted by atomic mass is 35.5. The lowest BCUT2D eigenvalue weighted by Crippen LogP contribution is -2.26. The molecule has 1 aliphatic rings. The lowest BCUT2D eigenvalue weighted by atomic mass is 9.74. The summed E-state index contributed by atoms with van der Waals surface area (Å²) in [5.74, 6) is 0.679. The standard InChI is InChI=1S/C16H24Cl2N2O/c17-13-8-11(9-14(18)15(13)20)16(21)12(6-7-19)10-4-2-1-3-5-10/h8-10,12,16,21H,1-7,19-20H2. The van der Waals surface area contributed by atoms with Crippen molar-refractivity contribution in [3.8, 4) is 0 Å². The first kappa shape index (κ1) is 16.9. The van der Waals surface area contributed by atoms with Crippen LogP contribution >= 0.6 is 23.2 Å². The number of benzene rings is 1. The third kappa shape index (κ3) is 4.04. The summed E-state index contributed by atoms with van der Waals surface area (Å²) in [4.78, 5) is 0. The fourth-order valence-electron chi connectivity index (χ4n) is 3.43. The van der Waals surface area contributed by atoms with Crippen LogP contribution in [0.3, 0.4) is 0 Å². The normalized spacial score (nSPS) is 19.4. The van der Waals surface area contributed by atoms with E-state index in [1.165, 1.54) is 19.3 Å². The largest absolute Gasteiger partial charge is 0.396 e. The van der Waals surface area contributed by atoms with E-state index in [2.05, 4.69) is 0 Å². The molecule has 0 aliphatic heterocycles. The van der Waals surface area contributed by atoms with Crippen molar-refractivity contribution >= 4 is 28.9 Å². The predicted molar refractivity (Wildman–Crippen MR) is 89.6 cm³/mol. The van der Waals surface area contributed by atoms with Gasteiger partial charge in [0.05, 0.1) is 21.8 Å². The van der Waals surface area contributed by atoms with Crippen molar-refractivity contribution in [2.75, 3.05) is 12.3 Å². The Bertz CT molecular complexity index is 452. The van der Waals surface area contributed by atoms with E-state index in [9.17, 15) is 5.11 Å². The van der Waals surface area contributed by atoms with E-state index in [1.807, 2.05) is 0 Å². The number of aliphatic hydroxyl groups excluding tert-OH is 1. The molecule has 2 rings (SSSR count). The molecule has 0 saturated heterocycles. The van der Waals surface area contributed by atoms with Crippen LogP contribution in [-0.4, -0.2) is 11.7 Å². The van der Waals surface area contributed by atoms with E-state index < -0.39 is 6.10 Å². The molecular formula is C16H24Cl2N2O. The Hall–Kier alpha value is -0.480. The van der Waals surface area contributed by atoms with E-state index in [0.717, 1.165) is 24.8 Å². The van der Waals surface area contributed by atoms with Crippen LogP contribution in [0, 0.1) is 11.8 Å². The zero-order valence-corrected chi connectivity index (χ0v) is 13.7. The lowest BCUT2D eigenvalue weighted by molar-refractivity contribution is 0.0535. The second-order valence-electron chi connectivity index (χ2n) is 5.98. The molecule has 2 atom stereocenters. The molecule has 5 heteroatoms. The lowest BCUT2D eigenvalue weighted by Gasteiger charge is -2.33. The van der Waals surface area contributed by atoms with Crippen LogP contribution in [0.25, 0.3) is 0 Å². The molecule has 1 fully saturated rings. The predicted octanol–water partition coefficient (Wildman–Crippen LogP) is 4.15. The van der Waals surface area contributed by atoms with Gasteiger partial charge in [-0.05, 0) is 42.5 Å². The Morgan fingerprint density at radius 3 is 2.24 bits per heavy atom. The van der Waals surface area contributed by atoms with Gasteiger partial charge in [-0.2, -0.15) is 0 Å². The summed E-state index contributed by atoms with van der Waals surface area (Å²) in [6, 6.07) is 3.44. The molecule has 118 valence electrons. The summed E-state index contributed by atoms with van der Waals surface area (Å²) < 4.78 is 0. The molecule has 0 aromatic heterocycles. The number of halogens is 2. The summed E-state index contributed by atoms with van der Waals surface area (Å²) in [6.07, 6.45) is 6.32. The van der Waals surface area contributed by atoms with Crippen LogP contribution in [0.4, 0.5) is 5.69 Å². The zero-order valence-electron chi connectivity index (χ0n) is 12.2. The Morgan fingerprint density at radius 2 is 1.71 bits per heavy atom. The maximum absolute atomic E-state index is 10.8. The van der Waals surface area contributed by atoms with Gasteiger partial charge in [-0.25, -0.2) is 0 Å². The van der Waals surface area contributed by atoms with Crippen molar-refractivity contribution in [1.82, 2.24) is 0 Å². The van der Waals surface area contributed by atoms with E-state index in [1.54, 1.807) is 12.1 Å². The van der Waals surface area contributed by atoms with Gasteiger partial charge in [0, 0.05) is 0 Å². The van der Waals surface area contributed by atoms with Gasteiger partial charge >= 0.3 is 0 Å². The van der Waals surface area contributed by atoms with Gasteiger partial charge in [-0.15, -0.1) is 0 Å². The Morgan fingerprint density at radius 1 is 1.14 bits per heavy atom. The average Bonchev–Trinajstić information content (AvgIpc) is 2.50. The molecule has 5 N–H and O–H groups in total. The second kappa shape index (κ2) is 7.68. The molecule has 0 spiro atoms. The first-order valence-electron chi connectivity index (χ1n) is 7.67. The maximum Gasteiger partial charge on any atom is 0.0822 e. The molecule has 0 radical (unpaired) electrons. The first-order chi connectivity index (χ1) is 10.0. The van der Waals surface area contributed by atoms with Gasteiger partial charge in [0.2, 0.25) is 0 Å². The Kier molecular flexibility index (Phi) is 6.18. The molecule has 1 aromatic rings. The molecule has 21 heavy (non-hydrogen) atoms. The maximum atomic E-state index is 10.8. The van der Waals surface area contributed by atoms with Crippen molar-refractivity contribution in [2.24, 2.45) is 17.6 Å². The summed E-state index contributed by atoms with van der Waals surface area (Å²) in [7, 11) is 0. The fourth-order valence-corrected chi connectivity index (χ4v) is 3.93. The number of rotatable bonds is 5. The number of nitrogens with two attached hydrogens (primary N) is 2. The minimum atomic E-state index is -0.591. The number of hydrogen-bond donors (Lipinski definition) is 3. The summed E-state index contributed by atoms with van der Waals surface area (Å²) in [5, 5.41) is 11.6. The third-order valence-corrected chi connectivity index (χ3v) is 5.23. The van der Waals surface area contributed by atoms with Crippen LogP contribution in [0.1, 0.15) is 50.2 Å². The molecule has 3 nitrogen and oxygen atoms in total. The van der Waals surface area contributed by atoms with Crippen LogP contribution in [0.15, 0.2) is 12.1 Å². The molecule has 0 bridgehead atoms. The van der Waals surface area contributed by atoms with Crippen molar-refractivity contribution < 1.29 is 5.11 Å². The fraction of sp³-hybridized carbons (Fsp3) is 0.625. The minimum absolute atomic E-state index is 0.158. The van der Waals surface area contributed by atoms with Crippen molar-refractivity contribution in [3.05, 3.63) is 27.7 Å². The van der Waals surface area contributed by atoms with Gasteiger partial charge in [0.1, 0.15) is 0 Å². The third-order valence-electron chi connectivity index (χ3n) is 4.60. The molecular weight excluding hydrogens is 307 g/mol. The zero-order chi connectivity index (χ0) is 15.4. The summed E-state index contributed by atoms with van der Waals surface area (Å²) in [6.45, 7) is 0.578. The molecule has 1 aliphatic carbocycles.